The number of anilines is 2. The Labute approximate surface area is 217 Å². The van der Waals surface area contributed by atoms with Crippen LogP contribution in [0.25, 0.3) is 0 Å². The lowest BCUT2D eigenvalue weighted by Crippen LogP contribution is -2.43. The van der Waals surface area contributed by atoms with Crippen molar-refractivity contribution < 1.29 is 9.59 Å². The van der Waals surface area contributed by atoms with E-state index in [0.717, 1.165) is 63.2 Å². The second-order valence-corrected chi connectivity index (χ2v) is 10.6. The molecule has 190 valence electrons. The minimum Gasteiger partial charge on any atom is -0.354 e. The van der Waals surface area contributed by atoms with Gasteiger partial charge in [0.2, 0.25) is 11.8 Å². The van der Waals surface area contributed by atoms with Gasteiger partial charge in [-0.15, -0.1) is 5.10 Å². The van der Waals surface area contributed by atoms with Gasteiger partial charge in [0.25, 0.3) is 0 Å². The number of hydrogen-bond donors (Lipinski definition) is 1. The van der Waals surface area contributed by atoms with Gasteiger partial charge in [-0.2, -0.15) is 5.10 Å². The van der Waals surface area contributed by atoms with Gasteiger partial charge in [0.05, 0.1) is 11.3 Å². The van der Waals surface area contributed by atoms with Gasteiger partial charge in [0, 0.05) is 38.1 Å². The molecule has 6 rings (SSSR count). The molecule has 2 saturated heterocycles. The molecule has 0 spiro atoms. The maximum atomic E-state index is 13.4. The number of piperidine rings is 1. The van der Waals surface area contributed by atoms with Crippen LogP contribution in [0.2, 0.25) is 0 Å². The molecule has 1 atom stereocenters. The zero-order valence-corrected chi connectivity index (χ0v) is 21.1. The number of likely N-dealkylation sites (tertiary alicyclic amines) is 1. The number of rotatable bonds is 6. The van der Waals surface area contributed by atoms with Gasteiger partial charge in [-0.05, 0) is 73.4 Å². The SMILES string of the molecule is O=C(Nc1ccc(C2CCN(C(=O)C3(c4ccccc4)CC3)CC2)cc1)C1CCN(c2cccnn2)C1. The molecule has 7 heteroatoms. The van der Waals surface area contributed by atoms with E-state index >= 15 is 0 Å². The average molecular weight is 496 g/mol. The molecule has 1 unspecified atom stereocenters. The number of carbonyl (C=O) groups excluding carboxylic acids is 2. The Bertz CT molecular complexity index is 1240. The first-order valence-corrected chi connectivity index (χ1v) is 13.4. The van der Waals surface area contributed by atoms with E-state index in [-0.39, 0.29) is 17.2 Å². The molecule has 3 aliphatic rings. The molecule has 1 N–H and O–H groups in total. The Morgan fingerprint density at radius 2 is 1.62 bits per heavy atom. The monoisotopic (exact) mass is 495 g/mol. The van der Waals surface area contributed by atoms with Crippen molar-refractivity contribution >= 4 is 23.3 Å². The van der Waals surface area contributed by atoms with Crippen molar-refractivity contribution in [3.63, 3.8) is 0 Å². The molecule has 2 aromatic carbocycles. The quantitative estimate of drug-likeness (QED) is 0.549. The fraction of sp³-hybridized carbons (Fsp3) is 0.400. The molecule has 37 heavy (non-hydrogen) atoms. The fourth-order valence-corrected chi connectivity index (χ4v) is 5.95. The number of benzene rings is 2. The summed E-state index contributed by atoms with van der Waals surface area (Å²) in [7, 11) is 0. The highest BCUT2D eigenvalue weighted by Gasteiger charge is 2.53. The van der Waals surface area contributed by atoms with Gasteiger partial charge >= 0.3 is 0 Å². The zero-order chi connectivity index (χ0) is 25.2. The van der Waals surface area contributed by atoms with Crippen LogP contribution in [0.5, 0.6) is 0 Å². The van der Waals surface area contributed by atoms with Crippen molar-refractivity contribution in [2.24, 2.45) is 5.92 Å². The smallest absolute Gasteiger partial charge is 0.233 e. The number of hydrogen-bond acceptors (Lipinski definition) is 5. The predicted molar refractivity (Wildman–Crippen MR) is 143 cm³/mol. The standard InChI is InChI=1S/C30H33N5O2/c36-28(24-14-20-35(21-24)27-7-4-17-31-33-27)32-26-10-8-22(9-11-26)23-12-18-34(19-13-23)29(37)30(15-16-30)25-5-2-1-3-6-25/h1-11,17,23-24H,12-16,18-21H2,(H,32,36). The van der Waals surface area contributed by atoms with E-state index in [1.165, 1.54) is 11.1 Å². The largest absolute Gasteiger partial charge is 0.354 e. The predicted octanol–water partition coefficient (Wildman–Crippen LogP) is 4.38. The molecule has 0 radical (unpaired) electrons. The molecule has 2 amide bonds. The Hall–Kier alpha value is -3.74. The Morgan fingerprint density at radius 3 is 2.30 bits per heavy atom. The van der Waals surface area contributed by atoms with Crippen LogP contribution in [0.4, 0.5) is 11.5 Å². The summed E-state index contributed by atoms with van der Waals surface area (Å²) in [5, 5.41) is 11.2. The van der Waals surface area contributed by atoms with Gasteiger partial charge in [-0.25, -0.2) is 0 Å². The molecule has 0 bridgehead atoms. The summed E-state index contributed by atoms with van der Waals surface area (Å²) in [6, 6.07) is 22.3. The van der Waals surface area contributed by atoms with Crippen LogP contribution in [0.3, 0.4) is 0 Å². The van der Waals surface area contributed by atoms with Crippen LogP contribution in [0.1, 0.15) is 49.1 Å². The Morgan fingerprint density at radius 1 is 0.865 bits per heavy atom. The summed E-state index contributed by atoms with van der Waals surface area (Å²) in [6.45, 7) is 3.08. The second-order valence-electron chi connectivity index (χ2n) is 10.6. The summed E-state index contributed by atoms with van der Waals surface area (Å²) in [5.74, 6) is 1.56. The average Bonchev–Trinajstić information content (AvgIpc) is 3.62. The molecule has 2 aliphatic heterocycles. The van der Waals surface area contributed by atoms with Crippen molar-refractivity contribution in [1.82, 2.24) is 15.1 Å². The lowest BCUT2D eigenvalue weighted by molar-refractivity contribution is -0.135. The van der Waals surface area contributed by atoms with Gasteiger partial charge in [-0.1, -0.05) is 42.5 Å². The number of aromatic nitrogens is 2. The normalized spacial score (nSPS) is 21.0. The third-order valence-electron chi connectivity index (χ3n) is 8.36. The summed E-state index contributed by atoms with van der Waals surface area (Å²) >= 11 is 0. The minimum absolute atomic E-state index is 0.0541. The van der Waals surface area contributed by atoms with Gasteiger partial charge in [-0.3, -0.25) is 9.59 Å². The van der Waals surface area contributed by atoms with Gasteiger partial charge < -0.3 is 15.1 Å². The first kappa shape index (κ1) is 23.6. The van der Waals surface area contributed by atoms with Crippen LogP contribution in [0, 0.1) is 5.92 Å². The van der Waals surface area contributed by atoms with Crippen LogP contribution in [-0.2, 0) is 15.0 Å². The van der Waals surface area contributed by atoms with Crippen LogP contribution in [0.15, 0.2) is 72.9 Å². The Balaban J connectivity index is 1.01. The van der Waals surface area contributed by atoms with E-state index in [1.54, 1.807) is 6.20 Å². The topological polar surface area (TPSA) is 78.4 Å². The molecular formula is C30H33N5O2. The molecular weight excluding hydrogens is 462 g/mol. The number of nitrogens with one attached hydrogen (secondary N) is 1. The molecule has 1 aromatic heterocycles. The molecule has 3 fully saturated rings. The van der Waals surface area contributed by atoms with E-state index in [9.17, 15) is 9.59 Å². The maximum Gasteiger partial charge on any atom is 0.233 e. The highest BCUT2D eigenvalue weighted by atomic mass is 16.2. The molecule has 3 heterocycles. The minimum atomic E-state index is -0.279. The van der Waals surface area contributed by atoms with E-state index in [4.69, 9.17) is 0 Å². The highest BCUT2D eigenvalue weighted by molar-refractivity contribution is 5.93. The summed E-state index contributed by atoms with van der Waals surface area (Å²) < 4.78 is 0. The number of nitrogens with zero attached hydrogens (tertiary/aromatic N) is 4. The van der Waals surface area contributed by atoms with Crippen molar-refractivity contribution in [1.29, 1.82) is 0 Å². The number of carbonyl (C=O) groups is 2. The fourth-order valence-electron chi connectivity index (χ4n) is 5.95. The molecule has 3 aromatic rings. The zero-order valence-electron chi connectivity index (χ0n) is 21.1. The van der Waals surface area contributed by atoms with Crippen molar-refractivity contribution in [2.75, 3.05) is 36.4 Å². The van der Waals surface area contributed by atoms with E-state index in [2.05, 4.69) is 49.6 Å². The van der Waals surface area contributed by atoms with Crippen LogP contribution >= 0.6 is 0 Å². The molecule has 1 aliphatic carbocycles. The first-order chi connectivity index (χ1) is 18.1. The third kappa shape index (κ3) is 4.82. The summed E-state index contributed by atoms with van der Waals surface area (Å²) in [6.07, 6.45) is 6.34. The van der Waals surface area contributed by atoms with E-state index in [0.29, 0.717) is 18.4 Å². The Kier molecular flexibility index (Phi) is 6.37. The highest BCUT2D eigenvalue weighted by Crippen LogP contribution is 2.50. The summed E-state index contributed by atoms with van der Waals surface area (Å²) in [4.78, 5) is 30.4. The van der Waals surface area contributed by atoms with Gasteiger partial charge in [0.15, 0.2) is 5.82 Å². The molecule has 1 saturated carbocycles. The summed E-state index contributed by atoms with van der Waals surface area (Å²) in [5.41, 5.74) is 3.00. The van der Waals surface area contributed by atoms with Gasteiger partial charge in [0.1, 0.15) is 0 Å². The maximum absolute atomic E-state index is 13.4. The van der Waals surface area contributed by atoms with E-state index < -0.39 is 0 Å². The van der Waals surface area contributed by atoms with E-state index in [1.807, 2.05) is 42.5 Å². The third-order valence-corrected chi connectivity index (χ3v) is 8.36. The van der Waals surface area contributed by atoms with Crippen LogP contribution in [-0.4, -0.2) is 53.1 Å². The van der Waals surface area contributed by atoms with Crippen molar-refractivity contribution in [3.05, 3.63) is 84.1 Å². The number of amides is 2. The first-order valence-electron chi connectivity index (χ1n) is 13.4. The van der Waals surface area contributed by atoms with Crippen LogP contribution < -0.4 is 10.2 Å². The van der Waals surface area contributed by atoms with Crippen molar-refractivity contribution in [3.8, 4) is 0 Å². The second kappa shape index (κ2) is 9.96. The molecule has 7 nitrogen and oxygen atoms in total. The lowest BCUT2D eigenvalue weighted by atomic mass is 9.87. The van der Waals surface area contributed by atoms with Crippen molar-refractivity contribution in [2.45, 2.75) is 43.4 Å². The lowest BCUT2D eigenvalue weighted by Gasteiger charge is -2.35.